The largest absolute Gasteiger partial charge is 0.496 e. The highest BCUT2D eigenvalue weighted by molar-refractivity contribution is 6.30. The molecular weight excluding hydrogens is 393 g/mol. The van der Waals surface area contributed by atoms with Crippen LogP contribution in [0.2, 0.25) is 5.02 Å². The Morgan fingerprint density at radius 1 is 1.21 bits per heavy atom. The lowest BCUT2D eigenvalue weighted by molar-refractivity contribution is -0.130. The summed E-state index contributed by atoms with van der Waals surface area (Å²) in [6.45, 7) is 1.06. The van der Waals surface area contributed by atoms with Crippen molar-refractivity contribution < 1.29 is 13.9 Å². The molecule has 5 nitrogen and oxygen atoms in total. The van der Waals surface area contributed by atoms with Crippen molar-refractivity contribution in [2.45, 2.75) is 25.9 Å². The minimum absolute atomic E-state index is 0.0398. The SMILES string of the molecule is COc1ccc(Cl)cc1CN(C)C(=O)CCCn1cc(-c2ccc(F)cc2)cn1. The molecule has 29 heavy (non-hydrogen) atoms. The predicted molar refractivity (Wildman–Crippen MR) is 111 cm³/mol. The van der Waals surface area contributed by atoms with Gasteiger partial charge in [0.05, 0.1) is 13.3 Å². The average molecular weight is 416 g/mol. The van der Waals surface area contributed by atoms with E-state index in [1.165, 1.54) is 12.1 Å². The van der Waals surface area contributed by atoms with Crippen LogP contribution in [0, 0.1) is 5.82 Å². The van der Waals surface area contributed by atoms with Gasteiger partial charge in [-0.1, -0.05) is 23.7 Å². The number of amides is 1. The molecule has 1 aromatic heterocycles. The topological polar surface area (TPSA) is 47.4 Å². The summed E-state index contributed by atoms with van der Waals surface area (Å²) in [5.41, 5.74) is 2.69. The molecule has 0 unspecified atom stereocenters. The third-order valence-electron chi connectivity index (χ3n) is 4.66. The zero-order chi connectivity index (χ0) is 20.8. The lowest BCUT2D eigenvalue weighted by Gasteiger charge is -2.19. The highest BCUT2D eigenvalue weighted by atomic mass is 35.5. The molecule has 7 heteroatoms. The molecule has 2 aromatic carbocycles. The minimum Gasteiger partial charge on any atom is -0.496 e. The minimum atomic E-state index is -0.265. The molecule has 0 atom stereocenters. The number of nitrogens with zero attached hydrogens (tertiary/aromatic N) is 3. The summed E-state index contributed by atoms with van der Waals surface area (Å²) in [6.07, 6.45) is 4.72. The highest BCUT2D eigenvalue weighted by Crippen LogP contribution is 2.24. The molecule has 0 N–H and O–H groups in total. The molecule has 0 spiro atoms. The molecule has 0 aliphatic carbocycles. The van der Waals surface area contributed by atoms with Gasteiger partial charge in [0.2, 0.25) is 5.91 Å². The average Bonchev–Trinajstić information content (AvgIpc) is 3.17. The van der Waals surface area contributed by atoms with E-state index in [0.29, 0.717) is 36.7 Å². The third kappa shape index (κ3) is 5.57. The normalized spacial score (nSPS) is 10.8. The number of benzene rings is 2. The number of aromatic nitrogens is 2. The first kappa shape index (κ1) is 20.9. The Kier molecular flexibility index (Phi) is 6.88. The van der Waals surface area contributed by atoms with E-state index in [0.717, 1.165) is 16.7 Å². The molecule has 0 saturated heterocycles. The van der Waals surface area contributed by atoms with E-state index >= 15 is 0 Å². The quantitative estimate of drug-likeness (QED) is 0.531. The molecule has 1 amide bonds. The highest BCUT2D eigenvalue weighted by Gasteiger charge is 2.13. The number of halogens is 2. The van der Waals surface area contributed by atoms with Gasteiger partial charge in [0.25, 0.3) is 0 Å². The Hall–Kier alpha value is -2.86. The van der Waals surface area contributed by atoms with Crippen LogP contribution in [-0.4, -0.2) is 34.7 Å². The zero-order valence-corrected chi connectivity index (χ0v) is 17.2. The first-order valence-corrected chi connectivity index (χ1v) is 9.69. The molecular formula is C22H23ClFN3O2. The summed E-state index contributed by atoms with van der Waals surface area (Å²) in [5, 5.41) is 4.93. The Morgan fingerprint density at radius 2 is 1.97 bits per heavy atom. The molecule has 0 fully saturated rings. The lowest BCUT2D eigenvalue weighted by atomic mass is 10.1. The van der Waals surface area contributed by atoms with Gasteiger partial charge in [-0.05, 0) is 42.3 Å². The Balaban J connectivity index is 1.51. The smallest absolute Gasteiger partial charge is 0.222 e. The van der Waals surface area contributed by atoms with Gasteiger partial charge >= 0.3 is 0 Å². The van der Waals surface area contributed by atoms with Crippen LogP contribution in [0.15, 0.2) is 54.9 Å². The molecule has 0 aliphatic heterocycles. The van der Waals surface area contributed by atoms with E-state index in [4.69, 9.17) is 16.3 Å². The van der Waals surface area contributed by atoms with Gasteiger partial charge in [-0.3, -0.25) is 9.48 Å². The molecule has 152 valence electrons. The van der Waals surface area contributed by atoms with Gasteiger partial charge in [-0.2, -0.15) is 5.10 Å². The number of carbonyl (C=O) groups is 1. The van der Waals surface area contributed by atoms with Gasteiger partial charge in [-0.15, -0.1) is 0 Å². The summed E-state index contributed by atoms with van der Waals surface area (Å²) in [4.78, 5) is 14.1. The van der Waals surface area contributed by atoms with E-state index < -0.39 is 0 Å². The van der Waals surface area contributed by atoms with Crippen LogP contribution < -0.4 is 4.74 Å². The molecule has 1 heterocycles. The van der Waals surface area contributed by atoms with Crippen LogP contribution in [0.1, 0.15) is 18.4 Å². The molecule has 3 aromatic rings. The van der Waals surface area contributed by atoms with Crippen molar-refractivity contribution in [1.82, 2.24) is 14.7 Å². The van der Waals surface area contributed by atoms with Gasteiger partial charge < -0.3 is 9.64 Å². The second-order valence-corrected chi connectivity index (χ2v) is 7.24. The molecule has 0 aliphatic rings. The first-order valence-electron chi connectivity index (χ1n) is 9.31. The fourth-order valence-corrected chi connectivity index (χ4v) is 3.27. The Morgan fingerprint density at radius 3 is 2.69 bits per heavy atom. The van der Waals surface area contributed by atoms with Crippen molar-refractivity contribution in [1.29, 1.82) is 0 Å². The van der Waals surface area contributed by atoms with Crippen molar-refractivity contribution in [2.75, 3.05) is 14.2 Å². The number of ether oxygens (including phenoxy) is 1. The van der Waals surface area contributed by atoms with Crippen LogP contribution in [0.4, 0.5) is 4.39 Å². The first-order chi connectivity index (χ1) is 14.0. The maximum absolute atomic E-state index is 13.0. The van der Waals surface area contributed by atoms with Crippen LogP contribution in [0.5, 0.6) is 5.75 Å². The predicted octanol–water partition coefficient (Wildman–Crippen LogP) is 4.79. The summed E-state index contributed by atoms with van der Waals surface area (Å²) < 4.78 is 20.2. The molecule has 0 radical (unpaired) electrons. The van der Waals surface area contributed by atoms with Gasteiger partial charge in [-0.25, -0.2) is 4.39 Å². The Labute approximate surface area is 174 Å². The summed E-state index contributed by atoms with van der Waals surface area (Å²) >= 11 is 6.05. The summed E-state index contributed by atoms with van der Waals surface area (Å²) in [7, 11) is 3.36. The van der Waals surface area contributed by atoms with Crippen molar-refractivity contribution >= 4 is 17.5 Å². The fourth-order valence-electron chi connectivity index (χ4n) is 3.07. The number of carbonyl (C=O) groups excluding carboxylic acids is 1. The summed E-state index contributed by atoms with van der Waals surface area (Å²) in [6, 6.07) is 11.7. The maximum Gasteiger partial charge on any atom is 0.222 e. The van der Waals surface area contributed by atoms with E-state index in [1.54, 1.807) is 54.2 Å². The number of methoxy groups -OCH3 is 1. The molecule has 0 bridgehead atoms. The van der Waals surface area contributed by atoms with Gasteiger partial charge in [0.1, 0.15) is 11.6 Å². The number of aryl methyl sites for hydroxylation is 1. The van der Waals surface area contributed by atoms with Gasteiger partial charge in [0.15, 0.2) is 0 Å². The second kappa shape index (κ2) is 9.56. The monoisotopic (exact) mass is 415 g/mol. The van der Waals surface area contributed by atoms with Crippen molar-refractivity contribution in [3.63, 3.8) is 0 Å². The van der Waals surface area contributed by atoms with E-state index in [1.807, 2.05) is 12.3 Å². The lowest BCUT2D eigenvalue weighted by Crippen LogP contribution is -2.26. The van der Waals surface area contributed by atoms with Crippen LogP contribution in [0.25, 0.3) is 11.1 Å². The van der Waals surface area contributed by atoms with Crippen molar-refractivity contribution in [3.8, 4) is 16.9 Å². The number of hydrogen-bond acceptors (Lipinski definition) is 3. The molecule has 3 rings (SSSR count). The van der Waals surface area contributed by atoms with Crippen molar-refractivity contribution in [2.24, 2.45) is 0 Å². The Bertz CT molecular complexity index is 972. The van der Waals surface area contributed by atoms with Crippen LogP contribution >= 0.6 is 11.6 Å². The van der Waals surface area contributed by atoms with E-state index in [9.17, 15) is 9.18 Å². The standard InChI is InChI=1S/C22H23ClFN3O2/c1-26(14-17-12-19(23)7-10-21(17)29-2)22(28)4-3-11-27-15-18(13-25-27)16-5-8-20(24)9-6-16/h5-10,12-13,15H,3-4,11,14H2,1-2H3. The van der Waals surface area contributed by atoms with Crippen LogP contribution in [-0.2, 0) is 17.9 Å². The molecule has 0 saturated carbocycles. The zero-order valence-electron chi connectivity index (χ0n) is 16.4. The van der Waals surface area contributed by atoms with Crippen LogP contribution in [0.3, 0.4) is 0 Å². The third-order valence-corrected chi connectivity index (χ3v) is 4.90. The van der Waals surface area contributed by atoms with E-state index in [-0.39, 0.29) is 11.7 Å². The van der Waals surface area contributed by atoms with Crippen molar-refractivity contribution in [3.05, 3.63) is 71.3 Å². The second-order valence-electron chi connectivity index (χ2n) is 6.81. The number of hydrogen-bond donors (Lipinski definition) is 0. The van der Waals surface area contributed by atoms with E-state index in [2.05, 4.69) is 5.10 Å². The fraction of sp³-hybridized carbons (Fsp3) is 0.273. The van der Waals surface area contributed by atoms with Gasteiger partial charge in [0, 0.05) is 48.9 Å². The maximum atomic E-state index is 13.0. The summed E-state index contributed by atoms with van der Waals surface area (Å²) in [5.74, 6) is 0.482. The number of rotatable bonds is 8.